The topological polar surface area (TPSA) is 80.8 Å². The Morgan fingerprint density at radius 2 is 1.48 bits per heavy atom. The molecule has 2 aromatic carbocycles. The quantitative estimate of drug-likeness (QED) is 0.512. The molecule has 1 unspecified atom stereocenters. The van der Waals surface area contributed by atoms with Crippen LogP contribution in [0, 0.1) is 5.92 Å². The predicted octanol–water partition coefficient (Wildman–Crippen LogP) is 2.76. The monoisotopic (exact) mass is 389 g/mol. The molecule has 27 heavy (non-hydrogen) atoms. The molecular formula is C20H23NO5S. The van der Waals surface area contributed by atoms with Crippen molar-refractivity contribution in [3.05, 3.63) is 66.2 Å². The summed E-state index contributed by atoms with van der Waals surface area (Å²) in [4.78, 5) is 25.1. The Balaban J connectivity index is 2.51. The third-order valence-corrected chi connectivity index (χ3v) is 5.97. The van der Waals surface area contributed by atoms with E-state index in [0.29, 0.717) is 5.56 Å². The fourth-order valence-electron chi connectivity index (χ4n) is 2.76. The summed E-state index contributed by atoms with van der Waals surface area (Å²) in [5.41, 5.74) is 0.373. The largest absolute Gasteiger partial charge is 0.468 e. The number of sulfonamides is 1. The van der Waals surface area contributed by atoms with E-state index in [0.717, 1.165) is 4.31 Å². The third kappa shape index (κ3) is 4.81. The van der Waals surface area contributed by atoms with E-state index in [-0.39, 0.29) is 10.8 Å². The van der Waals surface area contributed by atoms with Gasteiger partial charge in [-0.05, 0) is 18.1 Å². The fourth-order valence-corrected chi connectivity index (χ4v) is 4.45. The Morgan fingerprint density at radius 3 is 1.96 bits per heavy atom. The highest BCUT2D eigenvalue weighted by Gasteiger charge is 2.39. The average Bonchev–Trinajstić information content (AvgIpc) is 2.68. The summed E-state index contributed by atoms with van der Waals surface area (Å²) < 4.78 is 32.2. The van der Waals surface area contributed by atoms with Crippen molar-refractivity contribution in [2.45, 2.75) is 24.8 Å². The third-order valence-electron chi connectivity index (χ3n) is 4.13. The minimum absolute atomic E-state index is 0.0143. The van der Waals surface area contributed by atoms with Gasteiger partial charge in [-0.25, -0.2) is 8.42 Å². The molecule has 0 saturated carbocycles. The van der Waals surface area contributed by atoms with Crippen molar-refractivity contribution in [2.75, 3.05) is 13.7 Å². The summed E-state index contributed by atoms with van der Waals surface area (Å²) in [6, 6.07) is 15.0. The van der Waals surface area contributed by atoms with Gasteiger partial charge in [-0.3, -0.25) is 9.59 Å². The predicted molar refractivity (Wildman–Crippen MR) is 102 cm³/mol. The molecule has 0 N–H and O–H groups in total. The highest BCUT2D eigenvalue weighted by atomic mass is 32.2. The first-order chi connectivity index (χ1) is 12.8. The zero-order valence-electron chi connectivity index (χ0n) is 15.5. The van der Waals surface area contributed by atoms with Crippen molar-refractivity contribution in [1.29, 1.82) is 0 Å². The molecule has 1 atom stereocenters. The molecule has 144 valence electrons. The maximum absolute atomic E-state index is 13.2. The van der Waals surface area contributed by atoms with Crippen LogP contribution in [0.2, 0.25) is 0 Å². The van der Waals surface area contributed by atoms with Crippen molar-refractivity contribution >= 4 is 21.8 Å². The first kappa shape index (κ1) is 20.8. The second-order valence-corrected chi connectivity index (χ2v) is 8.26. The molecule has 0 aliphatic heterocycles. The number of benzene rings is 2. The van der Waals surface area contributed by atoms with E-state index in [9.17, 15) is 18.0 Å². The van der Waals surface area contributed by atoms with Gasteiger partial charge in [0.2, 0.25) is 10.0 Å². The van der Waals surface area contributed by atoms with Gasteiger partial charge in [0.05, 0.1) is 18.6 Å². The minimum atomic E-state index is -4.09. The van der Waals surface area contributed by atoms with Crippen molar-refractivity contribution in [3.63, 3.8) is 0 Å². The van der Waals surface area contributed by atoms with E-state index in [4.69, 9.17) is 4.74 Å². The number of rotatable bonds is 8. The van der Waals surface area contributed by atoms with Gasteiger partial charge in [0.25, 0.3) is 0 Å². The van der Waals surface area contributed by atoms with Crippen LogP contribution >= 0.6 is 0 Å². The summed E-state index contributed by atoms with van der Waals surface area (Å²) >= 11 is 0. The molecule has 0 amide bonds. The molecule has 0 spiro atoms. The molecule has 6 nitrogen and oxygen atoms in total. The minimum Gasteiger partial charge on any atom is -0.468 e. The maximum Gasteiger partial charge on any atom is 0.324 e. The van der Waals surface area contributed by atoms with E-state index >= 15 is 0 Å². The Kier molecular flexibility index (Phi) is 6.87. The number of ether oxygens (including phenoxy) is 1. The molecule has 2 rings (SSSR count). The van der Waals surface area contributed by atoms with E-state index in [1.54, 1.807) is 62.4 Å². The molecule has 0 aliphatic carbocycles. The summed E-state index contributed by atoms with van der Waals surface area (Å²) in [5.74, 6) is -1.49. The van der Waals surface area contributed by atoms with Gasteiger partial charge in [-0.2, -0.15) is 4.31 Å². The molecule has 0 saturated heterocycles. The average molecular weight is 389 g/mol. The standard InChI is InChI=1S/C20H23NO5S/c1-15(2)19(20(23)26-3)21(14-18(22)16-10-6-4-7-11-16)27(24,25)17-12-8-5-9-13-17/h4-13,15,19H,14H2,1-3H3. The molecule has 7 heteroatoms. The second-order valence-electron chi connectivity index (χ2n) is 6.36. The lowest BCUT2D eigenvalue weighted by molar-refractivity contribution is -0.146. The molecule has 0 radical (unpaired) electrons. The lowest BCUT2D eigenvalue weighted by Crippen LogP contribution is -2.50. The summed E-state index contributed by atoms with van der Waals surface area (Å²) in [6.07, 6.45) is 0. The Morgan fingerprint density at radius 1 is 0.963 bits per heavy atom. The highest BCUT2D eigenvalue weighted by Crippen LogP contribution is 2.23. The van der Waals surface area contributed by atoms with Gasteiger partial charge >= 0.3 is 5.97 Å². The SMILES string of the molecule is COC(=O)C(C(C)C)N(CC(=O)c1ccccc1)S(=O)(=O)c1ccccc1. The fraction of sp³-hybridized carbons (Fsp3) is 0.300. The number of hydrogen-bond acceptors (Lipinski definition) is 5. The second kappa shape index (κ2) is 8.92. The molecular weight excluding hydrogens is 366 g/mol. The summed E-state index contributed by atoms with van der Waals surface area (Å²) in [6.45, 7) is 2.96. The van der Waals surface area contributed by atoms with Crippen molar-refractivity contribution < 1.29 is 22.7 Å². The van der Waals surface area contributed by atoms with Crippen LogP contribution in [0.4, 0.5) is 0 Å². The maximum atomic E-state index is 13.2. The molecule has 0 fully saturated rings. The smallest absolute Gasteiger partial charge is 0.324 e. The van der Waals surface area contributed by atoms with E-state index < -0.39 is 34.4 Å². The highest BCUT2D eigenvalue weighted by molar-refractivity contribution is 7.89. The van der Waals surface area contributed by atoms with Crippen molar-refractivity contribution in [3.8, 4) is 0 Å². The summed E-state index contributed by atoms with van der Waals surface area (Å²) in [5, 5.41) is 0. The van der Waals surface area contributed by atoms with E-state index in [1.165, 1.54) is 19.2 Å². The number of Topliss-reactive ketones (excluding diaryl/α,β-unsaturated/α-hetero) is 1. The molecule has 0 bridgehead atoms. The number of nitrogens with zero attached hydrogens (tertiary/aromatic N) is 1. The number of carbonyl (C=O) groups excluding carboxylic acids is 2. The molecule has 0 heterocycles. The van der Waals surface area contributed by atoms with Crippen molar-refractivity contribution in [2.24, 2.45) is 5.92 Å². The zero-order valence-corrected chi connectivity index (χ0v) is 16.3. The van der Waals surface area contributed by atoms with Crippen LogP contribution in [-0.2, 0) is 19.6 Å². The van der Waals surface area contributed by atoms with Gasteiger partial charge in [0.1, 0.15) is 6.04 Å². The number of hydrogen-bond donors (Lipinski definition) is 0. The normalized spacial score (nSPS) is 12.8. The van der Waals surface area contributed by atoms with Gasteiger partial charge in [-0.15, -0.1) is 0 Å². The summed E-state index contributed by atoms with van der Waals surface area (Å²) in [7, 11) is -2.89. The van der Waals surface area contributed by atoms with Gasteiger partial charge < -0.3 is 4.74 Å². The van der Waals surface area contributed by atoms with Gasteiger partial charge in [0, 0.05) is 5.56 Å². The zero-order chi connectivity index (χ0) is 20.0. The van der Waals surface area contributed by atoms with Crippen LogP contribution < -0.4 is 0 Å². The number of esters is 1. The van der Waals surface area contributed by atoms with E-state index in [2.05, 4.69) is 0 Å². The van der Waals surface area contributed by atoms with Crippen LogP contribution in [0.1, 0.15) is 24.2 Å². The number of carbonyl (C=O) groups is 2. The number of ketones is 1. The molecule has 0 aromatic heterocycles. The molecule has 0 aliphatic rings. The first-order valence-corrected chi connectivity index (χ1v) is 9.96. The van der Waals surface area contributed by atoms with Crippen LogP contribution in [-0.4, -0.2) is 44.2 Å². The lowest BCUT2D eigenvalue weighted by Gasteiger charge is -2.31. The van der Waals surface area contributed by atoms with Crippen LogP contribution in [0.15, 0.2) is 65.6 Å². The molecule has 2 aromatic rings. The number of methoxy groups -OCH3 is 1. The van der Waals surface area contributed by atoms with Crippen molar-refractivity contribution in [1.82, 2.24) is 4.31 Å². The Bertz CT molecular complexity index is 879. The van der Waals surface area contributed by atoms with Gasteiger partial charge in [-0.1, -0.05) is 62.4 Å². The first-order valence-electron chi connectivity index (χ1n) is 8.52. The Labute approximate surface area is 159 Å². The van der Waals surface area contributed by atoms with Crippen LogP contribution in [0.5, 0.6) is 0 Å². The van der Waals surface area contributed by atoms with E-state index in [1.807, 2.05) is 0 Å². The Hall–Kier alpha value is -2.51. The lowest BCUT2D eigenvalue weighted by atomic mass is 10.0. The van der Waals surface area contributed by atoms with Gasteiger partial charge in [0.15, 0.2) is 5.78 Å². The van der Waals surface area contributed by atoms with Crippen LogP contribution in [0.3, 0.4) is 0 Å². The van der Waals surface area contributed by atoms with Crippen LogP contribution in [0.25, 0.3) is 0 Å².